The first kappa shape index (κ1) is 4.99. The number of hydrazine groups is 1. The van der Waals surface area contributed by atoms with Gasteiger partial charge in [0.25, 0.3) is 0 Å². The number of hydrogen-bond acceptors (Lipinski definition) is 4. The molecule has 1 aliphatic heterocycles. The summed E-state index contributed by atoms with van der Waals surface area (Å²) in [5, 5.41) is 3.06. The van der Waals surface area contributed by atoms with Gasteiger partial charge < -0.3 is 5.73 Å². The van der Waals surface area contributed by atoms with E-state index in [-0.39, 0.29) is 6.17 Å². The van der Waals surface area contributed by atoms with Gasteiger partial charge in [0.05, 0.1) is 12.8 Å². The maximum atomic E-state index is 5.27. The highest BCUT2D eigenvalue weighted by Gasteiger charge is 2.07. The molecule has 0 aromatic rings. The van der Waals surface area contributed by atoms with Gasteiger partial charge in [0.2, 0.25) is 0 Å². The van der Waals surface area contributed by atoms with E-state index in [1.165, 1.54) is 0 Å². The van der Waals surface area contributed by atoms with E-state index in [4.69, 9.17) is 5.73 Å². The third kappa shape index (κ3) is 1.10. The molecule has 0 aromatic heterocycles. The van der Waals surface area contributed by atoms with Crippen molar-refractivity contribution in [3.63, 3.8) is 0 Å². The van der Waals surface area contributed by atoms with Gasteiger partial charge in [-0.1, -0.05) is 0 Å². The monoisotopic (exact) mass is 102 g/mol. The van der Waals surface area contributed by atoms with Crippen molar-refractivity contribution in [3.05, 3.63) is 0 Å². The van der Waals surface area contributed by atoms with Crippen molar-refractivity contribution in [2.24, 2.45) is 5.73 Å². The molecule has 1 fully saturated rings. The Balaban J connectivity index is 2.14. The molecule has 42 valence electrons. The Kier molecular flexibility index (Phi) is 1.59. The predicted octanol–water partition coefficient (Wildman–Crippen LogP) is -2.07. The highest BCUT2D eigenvalue weighted by Crippen LogP contribution is 1.72. The molecule has 4 heteroatoms. The van der Waals surface area contributed by atoms with Gasteiger partial charge in [0.1, 0.15) is 0 Å². The van der Waals surface area contributed by atoms with Gasteiger partial charge in [-0.25, -0.2) is 10.9 Å². The maximum Gasteiger partial charge on any atom is 0.0838 e. The van der Waals surface area contributed by atoms with Crippen molar-refractivity contribution in [2.45, 2.75) is 6.17 Å². The van der Waals surface area contributed by atoms with Crippen LogP contribution in [0.15, 0.2) is 0 Å². The summed E-state index contributed by atoms with van der Waals surface area (Å²) in [7, 11) is 0. The lowest BCUT2D eigenvalue weighted by molar-refractivity contribution is 0.536. The molecule has 4 nitrogen and oxygen atoms in total. The van der Waals surface area contributed by atoms with E-state index in [9.17, 15) is 0 Å². The number of hydrogen-bond donors (Lipinski definition) is 4. The lowest BCUT2D eigenvalue weighted by Gasteiger charge is -2.02. The molecule has 0 aliphatic carbocycles. The van der Waals surface area contributed by atoms with Crippen LogP contribution in [-0.4, -0.2) is 19.4 Å². The molecular weight excluding hydrogens is 92.1 g/mol. The van der Waals surface area contributed by atoms with Crippen molar-refractivity contribution < 1.29 is 0 Å². The SMILES string of the molecule is NCC1NCNN1. The largest absolute Gasteiger partial charge is 0.328 e. The molecule has 0 bridgehead atoms. The van der Waals surface area contributed by atoms with E-state index in [2.05, 4.69) is 16.2 Å². The van der Waals surface area contributed by atoms with E-state index in [0.29, 0.717) is 6.54 Å². The zero-order valence-electron chi connectivity index (χ0n) is 4.07. The second-order valence-electron chi connectivity index (χ2n) is 1.49. The number of nitrogens with two attached hydrogens (primary N) is 1. The van der Waals surface area contributed by atoms with Crippen molar-refractivity contribution in [1.82, 2.24) is 16.2 Å². The Labute approximate surface area is 42.4 Å². The summed E-state index contributed by atoms with van der Waals surface area (Å²) in [5.41, 5.74) is 11.1. The summed E-state index contributed by atoms with van der Waals surface area (Å²) in [6, 6.07) is 0. The average Bonchev–Trinajstić information content (AvgIpc) is 2.14. The minimum atomic E-state index is 0.264. The Hall–Kier alpha value is -0.160. The minimum absolute atomic E-state index is 0.264. The van der Waals surface area contributed by atoms with Crippen LogP contribution in [0.25, 0.3) is 0 Å². The topological polar surface area (TPSA) is 62.1 Å². The van der Waals surface area contributed by atoms with Crippen LogP contribution in [0.5, 0.6) is 0 Å². The van der Waals surface area contributed by atoms with E-state index in [1.807, 2.05) is 0 Å². The molecule has 1 saturated heterocycles. The highest BCUT2D eigenvalue weighted by atomic mass is 15.5. The van der Waals surface area contributed by atoms with Crippen LogP contribution in [0.3, 0.4) is 0 Å². The van der Waals surface area contributed by atoms with Gasteiger partial charge in [-0.3, -0.25) is 5.32 Å². The van der Waals surface area contributed by atoms with Crippen LogP contribution in [0.2, 0.25) is 0 Å². The third-order valence-electron chi connectivity index (χ3n) is 0.949. The zero-order valence-corrected chi connectivity index (χ0v) is 4.07. The van der Waals surface area contributed by atoms with Crippen LogP contribution >= 0.6 is 0 Å². The Bertz CT molecular complexity index is 48.9. The molecule has 0 spiro atoms. The zero-order chi connectivity index (χ0) is 5.11. The van der Waals surface area contributed by atoms with Gasteiger partial charge in [0, 0.05) is 6.54 Å². The van der Waals surface area contributed by atoms with E-state index >= 15 is 0 Å². The summed E-state index contributed by atoms with van der Waals surface area (Å²) in [6.45, 7) is 1.44. The molecule has 0 radical (unpaired) electrons. The minimum Gasteiger partial charge on any atom is -0.328 e. The molecule has 1 rings (SSSR count). The molecule has 1 aliphatic rings. The molecule has 5 N–H and O–H groups in total. The van der Waals surface area contributed by atoms with Crippen LogP contribution < -0.4 is 21.9 Å². The first-order chi connectivity index (χ1) is 3.43. The highest BCUT2D eigenvalue weighted by molar-refractivity contribution is 4.65. The molecule has 0 amide bonds. The third-order valence-corrected chi connectivity index (χ3v) is 0.949. The second kappa shape index (κ2) is 2.23. The second-order valence-corrected chi connectivity index (χ2v) is 1.49. The smallest absolute Gasteiger partial charge is 0.0838 e. The first-order valence-corrected chi connectivity index (χ1v) is 2.35. The van der Waals surface area contributed by atoms with E-state index in [0.717, 1.165) is 6.67 Å². The van der Waals surface area contributed by atoms with Crippen LogP contribution in [0.1, 0.15) is 0 Å². The van der Waals surface area contributed by atoms with Crippen LogP contribution in [0, 0.1) is 0 Å². The summed E-state index contributed by atoms with van der Waals surface area (Å²) in [6.07, 6.45) is 0.264. The molecule has 0 aromatic carbocycles. The van der Waals surface area contributed by atoms with E-state index in [1.54, 1.807) is 0 Å². The summed E-state index contributed by atoms with van der Waals surface area (Å²) >= 11 is 0. The Morgan fingerprint density at radius 1 is 1.71 bits per heavy atom. The summed E-state index contributed by atoms with van der Waals surface area (Å²) < 4.78 is 0. The van der Waals surface area contributed by atoms with Gasteiger partial charge in [0.15, 0.2) is 0 Å². The van der Waals surface area contributed by atoms with Crippen molar-refractivity contribution in [1.29, 1.82) is 0 Å². The van der Waals surface area contributed by atoms with Crippen molar-refractivity contribution in [2.75, 3.05) is 13.2 Å². The fourth-order valence-corrected chi connectivity index (χ4v) is 0.542. The number of nitrogens with one attached hydrogen (secondary N) is 3. The Morgan fingerprint density at radius 3 is 2.86 bits per heavy atom. The molecule has 1 unspecified atom stereocenters. The fraction of sp³-hybridized carbons (Fsp3) is 1.00. The van der Waals surface area contributed by atoms with Gasteiger partial charge in [-0.05, 0) is 0 Å². The van der Waals surface area contributed by atoms with Gasteiger partial charge in [-0.2, -0.15) is 0 Å². The first-order valence-electron chi connectivity index (χ1n) is 2.35. The van der Waals surface area contributed by atoms with Gasteiger partial charge >= 0.3 is 0 Å². The van der Waals surface area contributed by atoms with Crippen molar-refractivity contribution >= 4 is 0 Å². The predicted molar refractivity (Wildman–Crippen MR) is 27.1 cm³/mol. The summed E-state index contributed by atoms with van der Waals surface area (Å²) in [5.74, 6) is 0. The van der Waals surface area contributed by atoms with Gasteiger partial charge in [-0.15, -0.1) is 0 Å². The normalized spacial score (nSPS) is 31.3. The average molecular weight is 102 g/mol. The summed E-state index contributed by atoms with van der Waals surface area (Å²) in [4.78, 5) is 0. The van der Waals surface area contributed by atoms with Crippen LogP contribution in [-0.2, 0) is 0 Å². The van der Waals surface area contributed by atoms with Crippen molar-refractivity contribution in [3.8, 4) is 0 Å². The maximum absolute atomic E-state index is 5.27. The number of rotatable bonds is 1. The fourth-order valence-electron chi connectivity index (χ4n) is 0.542. The lowest BCUT2D eigenvalue weighted by atomic mass is 10.5. The molecule has 7 heavy (non-hydrogen) atoms. The standard InChI is InChI=1S/C3H10N4/c4-1-3-5-2-6-7-3/h3,5-7H,1-2,4H2. The molecular formula is C3H10N4. The molecule has 1 heterocycles. The Morgan fingerprint density at radius 2 is 2.57 bits per heavy atom. The molecule has 1 atom stereocenters. The van der Waals surface area contributed by atoms with E-state index < -0.39 is 0 Å². The quantitative estimate of drug-likeness (QED) is 0.307. The molecule has 0 saturated carbocycles. The van der Waals surface area contributed by atoms with Crippen LogP contribution in [0.4, 0.5) is 0 Å². The lowest BCUT2D eigenvalue weighted by Crippen LogP contribution is -2.40.